The van der Waals surface area contributed by atoms with Crippen LogP contribution in [0, 0.1) is 13.8 Å². The van der Waals surface area contributed by atoms with Crippen LogP contribution in [0.15, 0.2) is 65.8 Å². The average Bonchev–Trinajstić information content (AvgIpc) is 3.35. The number of carbonyl (C=O) groups is 2. The summed E-state index contributed by atoms with van der Waals surface area (Å²) in [5.41, 5.74) is 2.40. The highest BCUT2D eigenvalue weighted by Gasteiger charge is 2.31. The first kappa shape index (κ1) is 30.9. The van der Waals surface area contributed by atoms with E-state index < -0.39 is 17.6 Å². The number of hydrogen-bond donors (Lipinski definition) is 2. The first-order valence-corrected chi connectivity index (χ1v) is 14.0. The summed E-state index contributed by atoms with van der Waals surface area (Å²) in [7, 11) is 1.57. The van der Waals surface area contributed by atoms with Crippen LogP contribution >= 0.6 is 23.4 Å². The quantitative estimate of drug-likeness (QED) is 0.207. The second-order valence-corrected chi connectivity index (χ2v) is 10.7. The number of anilines is 1. The minimum atomic E-state index is -4.58. The highest BCUT2D eigenvalue weighted by Crippen LogP contribution is 2.34. The summed E-state index contributed by atoms with van der Waals surface area (Å²) in [5.74, 6) is 0.153. The molecule has 42 heavy (non-hydrogen) atoms. The molecule has 4 rings (SSSR count). The third kappa shape index (κ3) is 7.83. The summed E-state index contributed by atoms with van der Waals surface area (Å²) < 4.78 is 46.3. The van der Waals surface area contributed by atoms with Gasteiger partial charge >= 0.3 is 6.18 Å². The second kappa shape index (κ2) is 13.3. The fourth-order valence-electron chi connectivity index (χ4n) is 3.99. The van der Waals surface area contributed by atoms with Crippen LogP contribution in [-0.2, 0) is 28.7 Å². The standard InChI is InChI=1S/C29H27ClF3N5O3S/c1-17-4-5-18(2)24(12-17)38-25(15-34-26(39)13-19-6-9-21(41-3)10-7-19)36-37-28(38)42-16-27(40)35-23-14-20(29(31,32)33)8-11-22(23)30/h4-12,14H,13,15-16H2,1-3H3,(H,34,39)(H,35,40). The van der Waals surface area contributed by atoms with Gasteiger partial charge in [-0.2, -0.15) is 13.2 Å². The number of alkyl halides is 3. The van der Waals surface area contributed by atoms with Crippen LogP contribution in [0.3, 0.4) is 0 Å². The van der Waals surface area contributed by atoms with Crippen LogP contribution in [0.4, 0.5) is 18.9 Å². The minimum Gasteiger partial charge on any atom is -0.497 e. The van der Waals surface area contributed by atoms with Gasteiger partial charge in [-0.3, -0.25) is 14.2 Å². The predicted molar refractivity (Wildman–Crippen MR) is 155 cm³/mol. The zero-order valence-electron chi connectivity index (χ0n) is 22.9. The van der Waals surface area contributed by atoms with E-state index in [4.69, 9.17) is 16.3 Å². The maximum Gasteiger partial charge on any atom is 0.416 e. The van der Waals surface area contributed by atoms with E-state index in [2.05, 4.69) is 20.8 Å². The zero-order valence-corrected chi connectivity index (χ0v) is 24.5. The number of ether oxygens (including phenoxy) is 1. The largest absolute Gasteiger partial charge is 0.497 e. The molecule has 2 amide bonds. The molecule has 0 spiro atoms. The predicted octanol–water partition coefficient (Wildman–Crippen LogP) is 6.15. The monoisotopic (exact) mass is 617 g/mol. The number of rotatable bonds is 10. The molecule has 0 saturated heterocycles. The molecular formula is C29H27ClF3N5O3S. The molecular weight excluding hydrogens is 591 g/mol. The van der Waals surface area contributed by atoms with Crippen LogP contribution in [0.1, 0.15) is 28.1 Å². The summed E-state index contributed by atoms with van der Waals surface area (Å²) in [6.07, 6.45) is -4.43. The van der Waals surface area contributed by atoms with Gasteiger partial charge in [0.25, 0.3) is 0 Å². The molecule has 0 aliphatic rings. The van der Waals surface area contributed by atoms with Crippen LogP contribution in [-0.4, -0.2) is 39.4 Å². The zero-order chi connectivity index (χ0) is 30.4. The Morgan fingerprint density at radius 3 is 2.43 bits per heavy atom. The van der Waals surface area contributed by atoms with Gasteiger partial charge < -0.3 is 15.4 Å². The molecule has 4 aromatic rings. The molecule has 0 saturated carbocycles. The van der Waals surface area contributed by atoms with Gasteiger partial charge in [0.2, 0.25) is 11.8 Å². The fourth-order valence-corrected chi connectivity index (χ4v) is 4.92. The van der Waals surface area contributed by atoms with E-state index in [0.717, 1.165) is 52.3 Å². The minimum absolute atomic E-state index is 0.0208. The van der Waals surface area contributed by atoms with Crippen LogP contribution in [0.5, 0.6) is 5.75 Å². The van der Waals surface area contributed by atoms with Gasteiger partial charge in [0.1, 0.15) is 5.75 Å². The van der Waals surface area contributed by atoms with Crippen molar-refractivity contribution in [1.29, 1.82) is 0 Å². The third-order valence-electron chi connectivity index (χ3n) is 6.17. The van der Waals surface area contributed by atoms with Crippen molar-refractivity contribution in [1.82, 2.24) is 20.1 Å². The van der Waals surface area contributed by atoms with Gasteiger partial charge in [0.15, 0.2) is 11.0 Å². The van der Waals surface area contributed by atoms with E-state index in [1.807, 2.05) is 44.2 Å². The number of aryl methyl sites for hydroxylation is 2. The fraction of sp³-hybridized carbons (Fsp3) is 0.241. The number of benzene rings is 3. The molecule has 8 nitrogen and oxygen atoms in total. The lowest BCUT2D eigenvalue weighted by Crippen LogP contribution is -2.26. The molecule has 2 N–H and O–H groups in total. The normalized spacial score (nSPS) is 11.3. The Morgan fingerprint density at radius 1 is 1.00 bits per heavy atom. The summed E-state index contributed by atoms with van der Waals surface area (Å²) in [4.78, 5) is 25.4. The van der Waals surface area contributed by atoms with Crippen LogP contribution in [0.2, 0.25) is 5.02 Å². The molecule has 0 aliphatic carbocycles. The molecule has 0 radical (unpaired) electrons. The van der Waals surface area contributed by atoms with E-state index >= 15 is 0 Å². The molecule has 0 fully saturated rings. The van der Waals surface area contributed by atoms with Gasteiger partial charge in [-0.05, 0) is 66.9 Å². The summed E-state index contributed by atoms with van der Waals surface area (Å²) in [5, 5.41) is 14.2. The molecule has 220 valence electrons. The van der Waals surface area contributed by atoms with Crippen molar-refractivity contribution in [3.63, 3.8) is 0 Å². The van der Waals surface area contributed by atoms with Crippen molar-refractivity contribution in [3.05, 3.63) is 93.8 Å². The van der Waals surface area contributed by atoms with Gasteiger partial charge in [-0.1, -0.05) is 47.6 Å². The van der Waals surface area contributed by atoms with Gasteiger partial charge in [-0.15, -0.1) is 10.2 Å². The maximum absolute atomic E-state index is 13.1. The molecule has 0 aliphatic heterocycles. The first-order chi connectivity index (χ1) is 19.9. The number of nitrogens with one attached hydrogen (secondary N) is 2. The van der Waals surface area contributed by atoms with Gasteiger partial charge in [0.05, 0.1) is 47.8 Å². The Labute approximate surface area is 249 Å². The molecule has 1 heterocycles. The molecule has 0 atom stereocenters. The molecule has 0 bridgehead atoms. The molecule has 13 heteroatoms. The number of amides is 2. The van der Waals surface area contributed by atoms with Gasteiger partial charge in [-0.25, -0.2) is 0 Å². The SMILES string of the molecule is COc1ccc(CC(=O)NCc2nnc(SCC(=O)Nc3cc(C(F)(F)F)ccc3Cl)n2-c2cc(C)ccc2C)cc1. The molecule has 3 aromatic carbocycles. The number of methoxy groups -OCH3 is 1. The first-order valence-electron chi connectivity index (χ1n) is 12.7. The number of carbonyl (C=O) groups excluding carboxylic acids is 2. The van der Waals surface area contributed by atoms with Crippen molar-refractivity contribution in [2.24, 2.45) is 0 Å². The second-order valence-electron chi connectivity index (χ2n) is 9.35. The summed E-state index contributed by atoms with van der Waals surface area (Å²) in [6.45, 7) is 3.92. The van der Waals surface area contributed by atoms with Crippen molar-refractivity contribution in [2.45, 2.75) is 38.1 Å². The topological polar surface area (TPSA) is 98.1 Å². The third-order valence-corrected chi connectivity index (χ3v) is 7.43. The van der Waals surface area contributed by atoms with E-state index in [1.165, 1.54) is 0 Å². The maximum atomic E-state index is 13.1. The lowest BCUT2D eigenvalue weighted by Gasteiger charge is -2.14. The van der Waals surface area contributed by atoms with E-state index in [-0.39, 0.29) is 35.3 Å². The van der Waals surface area contributed by atoms with Crippen molar-refractivity contribution < 1.29 is 27.5 Å². The number of nitrogens with zero attached hydrogens (tertiary/aromatic N) is 3. The van der Waals surface area contributed by atoms with Crippen molar-refractivity contribution in [2.75, 3.05) is 18.2 Å². The van der Waals surface area contributed by atoms with Crippen LogP contribution < -0.4 is 15.4 Å². The summed E-state index contributed by atoms with van der Waals surface area (Å²) >= 11 is 7.07. The average molecular weight is 618 g/mol. The molecule has 0 unspecified atom stereocenters. The van der Waals surface area contributed by atoms with Crippen molar-refractivity contribution >= 4 is 40.9 Å². The Morgan fingerprint density at radius 2 is 1.74 bits per heavy atom. The molecule has 1 aromatic heterocycles. The number of thioether (sulfide) groups is 1. The Balaban J connectivity index is 1.50. The van der Waals surface area contributed by atoms with Crippen LogP contribution in [0.25, 0.3) is 5.69 Å². The lowest BCUT2D eigenvalue weighted by atomic mass is 10.1. The lowest BCUT2D eigenvalue weighted by molar-refractivity contribution is -0.137. The van der Waals surface area contributed by atoms with E-state index in [0.29, 0.717) is 16.7 Å². The number of halogens is 4. The van der Waals surface area contributed by atoms with Gasteiger partial charge in [0, 0.05) is 0 Å². The highest BCUT2D eigenvalue weighted by molar-refractivity contribution is 7.99. The Hall–Kier alpha value is -4.03. The smallest absolute Gasteiger partial charge is 0.416 e. The number of hydrogen-bond acceptors (Lipinski definition) is 6. The van der Waals surface area contributed by atoms with E-state index in [1.54, 1.807) is 23.8 Å². The Kier molecular flexibility index (Phi) is 9.79. The Bertz CT molecular complexity index is 1590. The van der Waals surface area contributed by atoms with Crippen molar-refractivity contribution in [3.8, 4) is 11.4 Å². The highest BCUT2D eigenvalue weighted by atomic mass is 35.5. The van der Waals surface area contributed by atoms with E-state index in [9.17, 15) is 22.8 Å². The number of aromatic nitrogens is 3. The summed E-state index contributed by atoms with van der Waals surface area (Å²) in [6, 6.07) is 15.7.